The fourth-order valence-corrected chi connectivity index (χ4v) is 3.94. The topological polar surface area (TPSA) is 88.6 Å². The molecule has 4 rings (SSSR count). The Morgan fingerprint density at radius 1 is 1.00 bits per heavy atom. The van der Waals surface area contributed by atoms with Crippen LogP contribution in [0.1, 0.15) is 27.2 Å². The predicted octanol–water partition coefficient (Wildman–Crippen LogP) is 3.23. The van der Waals surface area contributed by atoms with E-state index < -0.39 is 9.84 Å². The highest BCUT2D eigenvalue weighted by molar-refractivity contribution is 7.90. The summed E-state index contributed by atoms with van der Waals surface area (Å²) < 4.78 is 23.1. The quantitative estimate of drug-likeness (QED) is 0.611. The van der Waals surface area contributed by atoms with Crippen molar-refractivity contribution in [3.8, 4) is 0 Å². The molecular weight excluding hydrogens is 414 g/mol. The summed E-state index contributed by atoms with van der Waals surface area (Å²) in [5, 5.41) is 4.56. The number of hydroxylamine groups is 2. The van der Waals surface area contributed by atoms with Crippen LogP contribution in [0.15, 0.2) is 71.6 Å². The van der Waals surface area contributed by atoms with Gasteiger partial charge in [0.05, 0.1) is 11.4 Å². The van der Waals surface area contributed by atoms with Gasteiger partial charge in [-0.3, -0.25) is 9.63 Å². The molecule has 0 atom stereocenters. The summed E-state index contributed by atoms with van der Waals surface area (Å²) in [5.74, 6) is 0.322. The molecule has 0 spiro atoms. The molecule has 160 valence electrons. The molecule has 0 radical (unpaired) electrons. The van der Waals surface area contributed by atoms with E-state index >= 15 is 0 Å². The molecule has 8 heteroatoms. The first-order valence-electron chi connectivity index (χ1n) is 9.92. The SMILES string of the molecule is CS(=O)(=O)c1ccc(CNc2ccc3c(n2)C(=O)N(OCc2ccccc2)CC3)cc1. The van der Waals surface area contributed by atoms with Gasteiger partial charge >= 0.3 is 0 Å². The maximum absolute atomic E-state index is 12.8. The van der Waals surface area contributed by atoms with Gasteiger partial charge in [-0.2, -0.15) is 0 Å². The average Bonchev–Trinajstić information content (AvgIpc) is 2.78. The minimum atomic E-state index is -3.22. The van der Waals surface area contributed by atoms with Crippen molar-refractivity contribution in [2.75, 3.05) is 18.1 Å². The smallest absolute Gasteiger partial charge is 0.296 e. The Kier molecular flexibility index (Phi) is 6.01. The van der Waals surface area contributed by atoms with Gasteiger partial charge in [0, 0.05) is 12.8 Å². The molecule has 0 saturated carbocycles. The van der Waals surface area contributed by atoms with Crippen molar-refractivity contribution >= 4 is 21.6 Å². The molecular formula is C23H23N3O4S. The van der Waals surface area contributed by atoms with Crippen LogP contribution in [0.3, 0.4) is 0 Å². The van der Waals surface area contributed by atoms with E-state index in [0.29, 0.717) is 37.6 Å². The van der Waals surface area contributed by atoms with Crippen LogP contribution in [0.4, 0.5) is 5.82 Å². The lowest BCUT2D eigenvalue weighted by Crippen LogP contribution is -2.38. The van der Waals surface area contributed by atoms with Crippen LogP contribution in [-0.4, -0.2) is 37.2 Å². The third-order valence-corrected chi connectivity index (χ3v) is 6.18. The van der Waals surface area contributed by atoms with Gasteiger partial charge in [-0.05, 0) is 41.3 Å². The number of carbonyl (C=O) groups excluding carboxylic acids is 1. The standard InChI is InChI=1S/C23H23N3O4S/c1-31(28,29)20-10-7-17(8-11-20)15-24-21-12-9-19-13-14-26(23(27)22(19)25-21)30-16-18-5-3-2-4-6-18/h2-12H,13-16H2,1H3,(H,24,25). The second kappa shape index (κ2) is 8.87. The van der Waals surface area contributed by atoms with Crippen molar-refractivity contribution in [3.63, 3.8) is 0 Å². The monoisotopic (exact) mass is 437 g/mol. The molecule has 0 fully saturated rings. The Morgan fingerprint density at radius 2 is 1.74 bits per heavy atom. The van der Waals surface area contributed by atoms with Gasteiger partial charge in [-0.1, -0.05) is 48.5 Å². The third kappa shape index (κ3) is 5.10. The normalized spacial score (nSPS) is 13.7. The molecule has 1 aliphatic heterocycles. The summed E-state index contributed by atoms with van der Waals surface area (Å²) >= 11 is 0. The predicted molar refractivity (Wildman–Crippen MR) is 117 cm³/mol. The summed E-state index contributed by atoms with van der Waals surface area (Å²) in [6, 6.07) is 20.1. The number of amides is 1. The number of hydrogen-bond donors (Lipinski definition) is 1. The number of rotatable bonds is 7. The minimum absolute atomic E-state index is 0.252. The molecule has 1 aromatic heterocycles. The highest BCUT2D eigenvalue weighted by atomic mass is 32.2. The van der Waals surface area contributed by atoms with Gasteiger partial charge in [-0.15, -0.1) is 0 Å². The zero-order valence-corrected chi connectivity index (χ0v) is 17.9. The number of nitrogens with one attached hydrogen (secondary N) is 1. The number of nitrogens with zero attached hydrogens (tertiary/aromatic N) is 2. The van der Waals surface area contributed by atoms with Crippen LogP contribution in [0.2, 0.25) is 0 Å². The Hall–Kier alpha value is -3.23. The second-order valence-corrected chi connectivity index (χ2v) is 9.41. The van der Waals surface area contributed by atoms with Crippen molar-refractivity contribution in [2.45, 2.75) is 24.5 Å². The molecule has 0 unspecified atom stereocenters. The number of pyridine rings is 1. The zero-order valence-electron chi connectivity index (χ0n) is 17.1. The number of hydrogen-bond acceptors (Lipinski definition) is 6. The van der Waals surface area contributed by atoms with Gasteiger partial charge in [0.2, 0.25) is 0 Å². The van der Waals surface area contributed by atoms with Crippen molar-refractivity contribution in [1.82, 2.24) is 10.0 Å². The van der Waals surface area contributed by atoms with Crippen molar-refractivity contribution in [2.24, 2.45) is 0 Å². The van der Waals surface area contributed by atoms with E-state index in [2.05, 4.69) is 10.3 Å². The van der Waals surface area contributed by atoms with Crippen LogP contribution in [0.25, 0.3) is 0 Å². The molecule has 1 N–H and O–H groups in total. The lowest BCUT2D eigenvalue weighted by atomic mass is 10.1. The molecule has 0 aliphatic carbocycles. The van der Waals surface area contributed by atoms with E-state index in [9.17, 15) is 13.2 Å². The first kappa shape index (κ1) is 21.0. The summed E-state index contributed by atoms with van der Waals surface area (Å²) in [6.07, 6.45) is 1.86. The summed E-state index contributed by atoms with van der Waals surface area (Å²) in [4.78, 5) is 23.3. The van der Waals surface area contributed by atoms with E-state index in [0.717, 1.165) is 16.7 Å². The fraction of sp³-hybridized carbons (Fsp3) is 0.217. The maximum atomic E-state index is 12.8. The highest BCUT2D eigenvalue weighted by Gasteiger charge is 2.27. The van der Waals surface area contributed by atoms with Crippen molar-refractivity contribution in [1.29, 1.82) is 0 Å². The van der Waals surface area contributed by atoms with Crippen LogP contribution >= 0.6 is 0 Å². The van der Waals surface area contributed by atoms with E-state index in [4.69, 9.17) is 4.84 Å². The largest absolute Gasteiger partial charge is 0.366 e. The molecule has 2 aromatic carbocycles. The van der Waals surface area contributed by atoms with Crippen LogP contribution < -0.4 is 5.32 Å². The number of benzene rings is 2. The molecule has 3 aromatic rings. The number of carbonyl (C=O) groups is 1. The van der Waals surface area contributed by atoms with Crippen LogP contribution in [0.5, 0.6) is 0 Å². The van der Waals surface area contributed by atoms with E-state index in [1.165, 1.54) is 11.3 Å². The van der Waals surface area contributed by atoms with Crippen LogP contribution in [0, 0.1) is 0 Å². The van der Waals surface area contributed by atoms with Gasteiger partial charge in [0.1, 0.15) is 18.1 Å². The zero-order chi connectivity index (χ0) is 21.8. The molecule has 31 heavy (non-hydrogen) atoms. The lowest BCUT2D eigenvalue weighted by Gasteiger charge is -2.27. The third-order valence-electron chi connectivity index (χ3n) is 5.05. The number of sulfone groups is 1. The van der Waals surface area contributed by atoms with E-state index in [1.54, 1.807) is 24.3 Å². The minimum Gasteiger partial charge on any atom is -0.366 e. The number of fused-ring (bicyclic) bond motifs is 1. The fourth-order valence-electron chi connectivity index (χ4n) is 3.31. The number of aromatic nitrogens is 1. The Labute approximate surface area is 181 Å². The lowest BCUT2D eigenvalue weighted by molar-refractivity contribution is -0.135. The highest BCUT2D eigenvalue weighted by Crippen LogP contribution is 2.21. The molecule has 0 bridgehead atoms. The van der Waals surface area contributed by atoms with Crippen molar-refractivity contribution in [3.05, 3.63) is 89.1 Å². The average molecular weight is 438 g/mol. The van der Waals surface area contributed by atoms with Gasteiger partial charge in [0.25, 0.3) is 5.91 Å². The van der Waals surface area contributed by atoms with Gasteiger partial charge in [0.15, 0.2) is 9.84 Å². The Balaban J connectivity index is 1.41. The second-order valence-electron chi connectivity index (χ2n) is 7.39. The van der Waals surface area contributed by atoms with E-state index in [1.807, 2.05) is 42.5 Å². The van der Waals surface area contributed by atoms with E-state index in [-0.39, 0.29) is 10.8 Å². The molecule has 1 amide bonds. The van der Waals surface area contributed by atoms with Crippen LogP contribution in [-0.2, 0) is 34.2 Å². The molecule has 7 nitrogen and oxygen atoms in total. The Morgan fingerprint density at radius 3 is 2.45 bits per heavy atom. The molecule has 2 heterocycles. The van der Waals surface area contributed by atoms with Gasteiger partial charge in [-0.25, -0.2) is 18.5 Å². The first-order chi connectivity index (χ1) is 14.9. The number of anilines is 1. The van der Waals surface area contributed by atoms with Crippen molar-refractivity contribution < 1.29 is 18.0 Å². The summed E-state index contributed by atoms with van der Waals surface area (Å²) in [7, 11) is -3.22. The summed E-state index contributed by atoms with van der Waals surface area (Å²) in [5.41, 5.74) is 3.18. The molecule has 1 aliphatic rings. The summed E-state index contributed by atoms with van der Waals surface area (Å²) in [6.45, 7) is 1.27. The molecule has 0 saturated heterocycles. The van der Waals surface area contributed by atoms with Gasteiger partial charge < -0.3 is 5.32 Å². The Bertz CT molecular complexity index is 1180. The maximum Gasteiger partial charge on any atom is 0.296 e. The first-order valence-corrected chi connectivity index (χ1v) is 11.8.